The third kappa shape index (κ3) is 4.29. The highest BCUT2D eigenvalue weighted by Gasteiger charge is 1.97. The molecule has 0 spiro atoms. The predicted molar refractivity (Wildman–Crippen MR) is 61.4 cm³/mol. The number of hydrogen-bond donors (Lipinski definition) is 0. The van der Waals surface area contributed by atoms with Crippen LogP contribution in [-0.4, -0.2) is 17.4 Å². The zero-order chi connectivity index (χ0) is 9.52. The topological polar surface area (TPSA) is 9.23 Å². The highest BCUT2D eigenvalue weighted by atomic mass is 32.2. The average Bonchev–Trinajstić information content (AvgIpc) is 2.17. The van der Waals surface area contributed by atoms with E-state index in [-0.39, 0.29) is 0 Å². The van der Waals surface area contributed by atoms with Crippen molar-refractivity contribution < 1.29 is 4.74 Å². The lowest BCUT2D eigenvalue weighted by atomic mass is 10.4. The molecule has 0 radical (unpaired) electrons. The molecule has 0 fully saturated rings. The van der Waals surface area contributed by atoms with Gasteiger partial charge >= 0.3 is 0 Å². The van der Waals surface area contributed by atoms with Gasteiger partial charge in [-0.15, -0.1) is 11.8 Å². The molecular formula is C10H12OS2. The maximum Gasteiger partial charge on any atom is 0.169 e. The number of ether oxygens (including phenoxy) is 1. The van der Waals surface area contributed by atoms with Crippen molar-refractivity contribution in [1.82, 2.24) is 0 Å². The number of benzene rings is 1. The van der Waals surface area contributed by atoms with Crippen molar-refractivity contribution in [3.8, 4) is 0 Å². The molecule has 1 nitrogen and oxygen atoms in total. The van der Waals surface area contributed by atoms with Crippen LogP contribution in [0, 0.1) is 0 Å². The van der Waals surface area contributed by atoms with Gasteiger partial charge in [-0.2, -0.15) is 0 Å². The third-order valence-electron chi connectivity index (χ3n) is 1.41. The second-order valence-electron chi connectivity index (χ2n) is 2.41. The summed E-state index contributed by atoms with van der Waals surface area (Å²) in [6.45, 7) is 2.60. The fourth-order valence-corrected chi connectivity index (χ4v) is 1.87. The lowest BCUT2D eigenvalue weighted by Crippen LogP contribution is -2.03. The number of thiocarbonyl (C=S) groups is 1. The molecule has 13 heavy (non-hydrogen) atoms. The first kappa shape index (κ1) is 10.5. The lowest BCUT2D eigenvalue weighted by molar-refractivity contribution is 0.335. The van der Waals surface area contributed by atoms with E-state index >= 15 is 0 Å². The fourth-order valence-electron chi connectivity index (χ4n) is 0.862. The van der Waals surface area contributed by atoms with Gasteiger partial charge in [0, 0.05) is 4.90 Å². The van der Waals surface area contributed by atoms with Crippen LogP contribution in [0.15, 0.2) is 35.2 Å². The normalized spacial score (nSPS) is 9.62. The van der Waals surface area contributed by atoms with Gasteiger partial charge in [0.15, 0.2) is 5.05 Å². The Morgan fingerprint density at radius 2 is 2.08 bits per heavy atom. The summed E-state index contributed by atoms with van der Waals surface area (Å²) in [6.07, 6.45) is 0. The van der Waals surface area contributed by atoms with Crippen LogP contribution in [0.4, 0.5) is 0 Å². The molecule has 0 aromatic heterocycles. The Kier molecular flexibility index (Phi) is 4.86. The number of hydrogen-bond acceptors (Lipinski definition) is 3. The third-order valence-corrected chi connectivity index (χ3v) is 2.86. The maximum absolute atomic E-state index is 5.17. The van der Waals surface area contributed by atoms with Crippen LogP contribution in [0.5, 0.6) is 0 Å². The van der Waals surface area contributed by atoms with E-state index in [1.807, 2.05) is 25.1 Å². The second-order valence-corrected chi connectivity index (χ2v) is 3.91. The van der Waals surface area contributed by atoms with Gasteiger partial charge in [-0.25, -0.2) is 0 Å². The Labute approximate surface area is 88.5 Å². The van der Waals surface area contributed by atoms with Crippen molar-refractivity contribution in [2.75, 3.05) is 12.4 Å². The van der Waals surface area contributed by atoms with Gasteiger partial charge in [0.2, 0.25) is 0 Å². The van der Waals surface area contributed by atoms with Crippen LogP contribution in [0.2, 0.25) is 0 Å². The Bertz CT molecular complexity index is 259. The zero-order valence-electron chi connectivity index (χ0n) is 7.53. The fraction of sp³-hybridized carbons (Fsp3) is 0.300. The van der Waals surface area contributed by atoms with E-state index in [4.69, 9.17) is 17.0 Å². The summed E-state index contributed by atoms with van der Waals surface area (Å²) in [5, 5.41) is 0.677. The van der Waals surface area contributed by atoms with E-state index in [2.05, 4.69) is 12.1 Å². The van der Waals surface area contributed by atoms with Gasteiger partial charge in [-0.05, 0) is 31.3 Å². The Balaban J connectivity index is 2.31. The van der Waals surface area contributed by atoms with Crippen LogP contribution in [0.25, 0.3) is 0 Å². The molecule has 1 rings (SSSR count). The standard InChI is InChI=1S/C10H12OS2/c1-2-11-10(12)8-13-9-6-4-3-5-7-9/h3-7H,2,8H2,1H3. The summed E-state index contributed by atoms with van der Waals surface area (Å²) in [5.74, 6) is 0.757. The van der Waals surface area contributed by atoms with Gasteiger partial charge < -0.3 is 4.74 Å². The molecule has 0 saturated carbocycles. The second kappa shape index (κ2) is 6.00. The molecule has 0 heterocycles. The quantitative estimate of drug-likeness (QED) is 0.560. The molecule has 0 saturated heterocycles. The van der Waals surface area contributed by atoms with E-state index < -0.39 is 0 Å². The summed E-state index contributed by atoms with van der Waals surface area (Å²) >= 11 is 6.71. The first-order valence-electron chi connectivity index (χ1n) is 4.16. The molecule has 0 amide bonds. The van der Waals surface area contributed by atoms with E-state index in [1.54, 1.807) is 11.8 Å². The van der Waals surface area contributed by atoms with Crippen molar-refractivity contribution in [2.24, 2.45) is 0 Å². The van der Waals surface area contributed by atoms with Crippen molar-refractivity contribution in [1.29, 1.82) is 0 Å². The predicted octanol–water partition coefficient (Wildman–Crippen LogP) is 3.14. The highest BCUT2D eigenvalue weighted by Crippen LogP contribution is 2.17. The number of rotatable bonds is 4. The molecular weight excluding hydrogens is 200 g/mol. The van der Waals surface area contributed by atoms with Gasteiger partial charge in [0.25, 0.3) is 0 Å². The molecule has 0 aliphatic carbocycles. The minimum Gasteiger partial charge on any atom is -0.486 e. The van der Waals surface area contributed by atoms with Crippen molar-refractivity contribution in [3.63, 3.8) is 0 Å². The molecule has 3 heteroatoms. The minimum absolute atomic E-state index is 0.661. The molecule has 0 aliphatic rings. The van der Waals surface area contributed by atoms with Crippen molar-refractivity contribution >= 4 is 29.0 Å². The molecule has 0 bridgehead atoms. The first-order valence-corrected chi connectivity index (χ1v) is 5.55. The molecule has 1 aromatic carbocycles. The van der Waals surface area contributed by atoms with Crippen LogP contribution in [0.1, 0.15) is 6.92 Å². The number of thioether (sulfide) groups is 1. The molecule has 0 atom stereocenters. The summed E-state index contributed by atoms with van der Waals surface area (Å²) in [4.78, 5) is 1.23. The van der Waals surface area contributed by atoms with Crippen LogP contribution in [-0.2, 0) is 4.74 Å². The summed E-state index contributed by atoms with van der Waals surface area (Å²) in [5.41, 5.74) is 0. The Morgan fingerprint density at radius 3 is 2.69 bits per heavy atom. The van der Waals surface area contributed by atoms with Crippen LogP contribution >= 0.6 is 24.0 Å². The van der Waals surface area contributed by atoms with E-state index in [0.717, 1.165) is 5.75 Å². The SMILES string of the molecule is CCOC(=S)CSc1ccccc1. The van der Waals surface area contributed by atoms with Gasteiger partial charge in [0.05, 0.1) is 12.4 Å². The smallest absolute Gasteiger partial charge is 0.169 e. The molecule has 1 aromatic rings. The summed E-state index contributed by atoms with van der Waals surface area (Å²) in [7, 11) is 0. The zero-order valence-corrected chi connectivity index (χ0v) is 9.16. The van der Waals surface area contributed by atoms with Crippen molar-refractivity contribution in [3.05, 3.63) is 30.3 Å². The first-order chi connectivity index (χ1) is 6.33. The van der Waals surface area contributed by atoms with Crippen LogP contribution < -0.4 is 0 Å². The molecule has 0 aliphatic heterocycles. The van der Waals surface area contributed by atoms with E-state index in [0.29, 0.717) is 11.7 Å². The Hall–Kier alpha value is -0.540. The molecule has 70 valence electrons. The van der Waals surface area contributed by atoms with Gasteiger partial charge in [0.1, 0.15) is 0 Å². The molecule has 0 unspecified atom stereocenters. The largest absolute Gasteiger partial charge is 0.486 e. The van der Waals surface area contributed by atoms with Gasteiger partial charge in [-0.1, -0.05) is 18.2 Å². The highest BCUT2D eigenvalue weighted by molar-refractivity contribution is 8.01. The monoisotopic (exact) mass is 212 g/mol. The average molecular weight is 212 g/mol. The molecule has 0 N–H and O–H groups in total. The van der Waals surface area contributed by atoms with Gasteiger partial charge in [-0.3, -0.25) is 0 Å². The summed E-state index contributed by atoms with van der Waals surface area (Å²) < 4.78 is 5.17. The summed E-state index contributed by atoms with van der Waals surface area (Å²) in [6, 6.07) is 10.2. The van der Waals surface area contributed by atoms with E-state index in [1.165, 1.54) is 4.90 Å². The minimum atomic E-state index is 0.661. The Morgan fingerprint density at radius 1 is 1.38 bits per heavy atom. The van der Waals surface area contributed by atoms with Crippen molar-refractivity contribution in [2.45, 2.75) is 11.8 Å². The maximum atomic E-state index is 5.17. The lowest BCUT2D eigenvalue weighted by Gasteiger charge is -2.03. The van der Waals surface area contributed by atoms with E-state index in [9.17, 15) is 0 Å². The van der Waals surface area contributed by atoms with Crippen LogP contribution in [0.3, 0.4) is 0 Å².